The number of benzene rings is 2. The van der Waals surface area contributed by atoms with Gasteiger partial charge >= 0.3 is 0 Å². The van der Waals surface area contributed by atoms with Crippen molar-refractivity contribution in [2.45, 2.75) is 60.9 Å². The van der Waals surface area contributed by atoms with Crippen LogP contribution in [0.2, 0.25) is 0 Å². The van der Waals surface area contributed by atoms with Crippen LogP contribution in [0.4, 0.5) is 0 Å². The van der Waals surface area contributed by atoms with Gasteiger partial charge in [0.25, 0.3) is 5.91 Å². The first-order valence-corrected chi connectivity index (χ1v) is 14.4. The van der Waals surface area contributed by atoms with Crippen LogP contribution < -0.4 is 0 Å². The van der Waals surface area contributed by atoms with Crippen LogP contribution in [-0.2, 0) is 19.9 Å². The Balaban J connectivity index is 1.73. The van der Waals surface area contributed by atoms with E-state index >= 15 is 0 Å². The Labute approximate surface area is 197 Å². The number of carbonyl (C=O) groups is 1. The molecule has 0 spiro atoms. The zero-order valence-corrected chi connectivity index (χ0v) is 21.2. The Hall–Kier alpha value is -2.23. The summed E-state index contributed by atoms with van der Waals surface area (Å²) in [6.07, 6.45) is 6.13. The molecule has 33 heavy (non-hydrogen) atoms. The Kier molecular flexibility index (Phi) is 7.65. The number of hydrogen-bond donors (Lipinski definition) is 0. The van der Waals surface area contributed by atoms with Crippen molar-refractivity contribution in [3.8, 4) is 0 Å². The maximum Gasteiger partial charge on any atom is 0.254 e. The SMILES string of the molecule is CC(c1ccc(S(C)(=O)=O)cc1)N(C)C(=O)c1ccc(S(=O)(=O)N(C)C2CCCCC2)cc1. The Morgan fingerprint density at radius 2 is 1.36 bits per heavy atom. The third kappa shape index (κ3) is 5.65. The van der Waals surface area contributed by atoms with Crippen molar-refractivity contribution in [3.05, 3.63) is 59.7 Å². The topological polar surface area (TPSA) is 91.8 Å². The van der Waals surface area contributed by atoms with Crippen LogP contribution in [0.1, 0.15) is 61.0 Å². The van der Waals surface area contributed by atoms with Crippen LogP contribution in [0, 0.1) is 0 Å². The summed E-state index contributed by atoms with van der Waals surface area (Å²) in [4.78, 5) is 15.0. The minimum atomic E-state index is -3.62. The predicted octanol–water partition coefficient (Wildman–Crippen LogP) is 3.88. The summed E-state index contributed by atoms with van der Waals surface area (Å²) in [6, 6.07) is 12.2. The fourth-order valence-corrected chi connectivity index (χ4v) is 6.22. The molecule has 0 aliphatic heterocycles. The van der Waals surface area contributed by atoms with Gasteiger partial charge in [-0.05, 0) is 61.7 Å². The van der Waals surface area contributed by atoms with Gasteiger partial charge < -0.3 is 4.90 Å². The van der Waals surface area contributed by atoms with Crippen LogP contribution in [0.15, 0.2) is 58.3 Å². The Morgan fingerprint density at radius 3 is 1.88 bits per heavy atom. The van der Waals surface area contributed by atoms with E-state index in [4.69, 9.17) is 0 Å². The molecule has 0 saturated heterocycles. The van der Waals surface area contributed by atoms with Crippen molar-refractivity contribution in [1.29, 1.82) is 0 Å². The van der Waals surface area contributed by atoms with Gasteiger partial charge in [0.1, 0.15) is 0 Å². The summed E-state index contributed by atoms with van der Waals surface area (Å²) >= 11 is 0. The lowest BCUT2D eigenvalue weighted by Crippen LogP contribution is -2.38. The average molecular weight is 493 g/mol. The average Bonchev–Trinajstić information content (AvgIpc) is 2.82. The molecule has 0 heterocycles. The molecule has 0 bridgehead atoms. The van der Waals surface area contributed by atoms with Gasteiger partial charge in [-0.25, -0.2) is 16.8 Å². The number of nitrogens with zero attached hydrogens (tertiary/aromatic N) is 2. The zero-order chi connectivity index (χ0) is 24.4. The van der Waals surface area contributed by atoms with Gasteiger partial charge in [0.15, 0.2) is 9.84 Å². The maximum atomic E-state index is 13.0. The molecule has 1 aliphatic carbocycles. The van der Waals surface area contributed by atoms with Crippen LogP contribution >= 0.6 is 0 Å². The normalized spacial score (nSPS) is 16.5. The lowest BCUT2D eigenvalue weighted by Gasteiger charge is -2.30. The minimum Gasteiger partial charge on any atom is -0.335 e. The lowest BCUT2D eigenvalue weighted by atomic mass is 9.96. The molecule has 1 unspecified atom stereocenters. The maximum absolute atomic E-state index is 13.0. The lowest BCUT2D eigenvalue weighted by molar-refractivity contribution is 0.0742. The largest absolute Gasteiger partial charge is 0.335 e. The Bertz CT molecular complexity index is 1180. The first-order chi connectivity index (χ1) is 15.4. The van der Waals surface area contributed by atoms with Crippen molar-refractivity contribution < 1.29 is 21.6 Å². The van der Waals surface area contributed by atoms with Gasteiger partial charge in [-0.2, -0.15) is 4.31 Å². The molecule has 1 fully saturated rings. The smallest absolute Gasteiger partial charge is 0.254 e. The van der Waals surface area contributed by atoms with Gasteiger partial charge in [-0.1, -0.05) is 31.4 Å². The monoisotopic (exact) mass is 492 g/mol. The highest BCUT2D eigenvalue weighted by Gasteiger charge is 2.29. The van der Waals surface area contributed by atoms with Crippen molar-refractivity contribution in [2.75, 3.05) is 20.4 Å². The van der Waals surface area contributed by atoms with E-state index in [-0.39, 0.29) is 27.8 Å². The molecule has 1 amide bonds. The summed E-state index contributed by atoms with van der Waals surface area (Å²) in [5, 5.41) is 0. The van der Waals surface area contributed by atoms with Crippen molar-refractivity contribution in [3.63, 3.8) is 0 Å². The van der Waals surface area contributed by atoms with E-state index in [2.05, 4.69) is 0 Å². The van der Waals surface area contributed by atoms with E-state index in [0.717, 1.165) is 43.9 Å². The predicted molar refractivity (Wildman–Crippen MR) is 128 cm³/mol. The zero-order valence-electron chi connectivity index (χ0n) is 19.6. The molecule has 0 aromatic heterocycles. The summed E-state index contributed by atoms with van der Waals surface area (Å²) in [5.74, 6) is -0.251. The standard InChI is InChI=1S/C24H32N2O5S2/c1-18(19-10-14-22(15-11-19)32(4,28)29)25(2)24(27)20-12-16-23(17-13-20)33(30,31)26(3)21-8-6-5-7-9-21/h10-18,21H,5-9H2,1-4H3. The molecular weight excluding hydrogens is 460 g/mol. The van der Waals surface area contributed by atoms with Crippen LogP contribution in [0.5, 0.6) is 0 Å². The van der Waals surface area contributed by atoms with Crippen molar-refractivity contribution in [2.24, 2.45) is 0 Å². The second-order valence-corrected chi connectivity index (χ2v) is 12.8. The number of sulfone groups is 1. The second kappa shape index (κ2) is 9.95. The third-order valence-electron chi connectivity index (χ3n) is 6.56. The van der Waals surface area contributed by atoms with Gasteiger partial charge in [-0.3, -0.25) is 4.79 Å². The van der Waals surface area contributed by atoms with E-state index in [0.29, 0.717) is 5.56 Å². The third-order valence-corrected chi connectivity index (χ3v) is 9.61. The molecule has 0 radical (unpaired) electrons. The van der Waals surface area contributed by atoms with Crippen molar-refractivity contribution >= 4 is 25.8 Å². The molecule has 0 N–H and O–H groups in total. The second-order valence-electron chi connectivity index (χ2n) is 8.77. The molecule has 2 aromatic carbocycles. The summed E-state index contributed by atoms with van der Waals surface area (Å²) in [7, 11) is -3.61. The van der Waals surface area contributed by atoms with Gasteiger partial charge in [0, 0.05) is 32.0 Å². The number of hydrogen-bond acceptors (Lipinski definition) is 5. The van der Waals surface area contributed by atoms with E-state index in [1.54, 1.807) is 43.3 Å². The summed E-state index contributed by atoms with van der Waals surface area (Å²) in [5.41, 5.74) is 1.18. The highest BCUT2D eigenvalue weighted by atomic mass is 32.2. The van der Waals surface area contributed by atoms with Gasteiger partial charge in [-0.15, -0.1) is 0 Å². The molecule has 9 heteroatoms. The molecule has 1 saturated carbocycles. The van der Waals surface area contributed by atoms with Crippen LogP contribution in [-0.4, -0.2) is 58.3 Å². The van der Waals surface area contributed by atoms with E-state index in [1.165, 1.54) is 28.6 Å². The first kappa shape index (κ1) is 25.4. The number of sulfonamides is 1. The molecule has 180 valence electrons. The fourth-order valence-electron chi connectivity index (χ4n) is 4.17. The Morgan fingerprint density at radius 1 is 0.848 bits per heavy atom. The van der Waals surface area contributed by atoms with Gasteiger partial charge in [0.05, 0.1) is 15.8 Å². The minimum absolute atomic E-state index is 0.0196. The van der Waals surface area contributed by atoms with Gasteiger partial charge in [0.2, 0.25) is 10.0 Å². The van der Waals surface area contributed by atoms with E-state index < -0.39 is 19.9 Å². The number of rotatable bonds is 7. The molecule has 2 aromatic rings. The molecular formula is C24H32N2O5S2. The highest BCUT2D eigenvalue weighted by molar-refractivity contribution is 7.90. The molecule has 1 atom stereocenters. The first-order valence-electron chi connectivity index (χ1n) is 11.1. The summed E-state index contributed by atoms with van der Waals surface area (Å²) in [6.45, 7) is 1.85. The molecule has 7 nitrogen and oxygen atoms in total. The number of amides is 1. The highest BCUT2D eigenvalue weighted by Crippen LogP contribution is 2.27. The molecule has 3 rings (SSSR count). The summed E-state index contributed by atoms with van der Waals surface area (Å²) < 4.78 is 50.8. The van der Waals surface area contributed by atoms with E-state index in [1.807, 2.05) is 6.92 Å². The van der Waals surface area contributed by atoms with Crippen LogP contribution in [0.25, 0.3) is 0 Å². The van der Waals surface area contributed by atoms with Crippen molar-refractivity contribution in [1.82, 2.24) is 9.21 Å². The van der Waals surface area contributed by atoms with Crippen LogP contribution in [0.3, 0.4) is 0 Å². The quantitative estimate of drug-likeness (QED) is 0.585. The van der Waals surface area contributed by atoms with E-state index in [9.17, 15) is 21.6 Å². The number of carbonyl (C=O) groups excluding carboxylic acids is 1. The molecule has 1 aliphatic rings. The fraction of sp³-hybridized carbons (Fsp3) is 0.458.